The number of rotatable bonds is 2. The van der Waals surface area contributed by atoms with Crippen LogP contribution in [0.5, 0.6) is 0 Å². The summed E-state index contributed by atoms with van der Waals surface area (Å²) < 4.78 is 0. The first-order valence-electron chi connectivity index (χ1n) is 7.51. The van der Waals surface area contributed by atoms with E-state index in [4.69, 9.17) is 5.73 Å². The van der Waals surface area contributed by atoms with E-state index in [1.54, 1.807) is 18.2 Å². The normalized spacial score (nSPS) is 23.0. The van der Waals surface area contributed by atoms with Crippen LogP contribution in [0.3, 0.4) is 0 Å². The number of piperidine rings is 1. The van der Waals surface area contributed by atoms with Gasteiger partial charge in [-0.25, -0.2) is 0 Å². The van der Waals surface area contributed by atoms with Gasteiger partial charge in [-0.3, -0.25) is 19.4 Å². The molecule has 0 saturated carbocycles. The van der Waals surface area contributed by atoms with E-state index in [0.29, 0.717) is 22.9 Å². The van der Waals surface area contributed by atoms with Gasteiger partial charge in [0.15, 0.2) is 0 Å². The van der Waals surface area contributed by atoms with E-state index in [0.717, 1.165) is 25.9 Å². The van der Waals surface area contributed by atoms with Gasteiger partial charge in [-0.2, -0.15) is 0 Å². The highest BCUT2D eigenvalue weighted by atomic mass is 16.2. The van der Waals surface area contributed by atoms with Crippen LogP contribution in [0.4, 0.5) is 5.69 Å². The molecule has 1 aromatic carbocycles. The molecule has 2 amide bonds. The lowest BCUT2D eigenvalue weighted by Gasteiger charge is -2.38. The van der Waals surface area contributed by atoms with Crippen molar-refractivity contribution in [1.82, 2.24) is 9.80 Å². The van der Waals surface area contributed by atoms with Crippen LogP contribution in [0.25, 0.3) is 0 Å². The Morgan fingerprint density at radius 3 is 2.67 bits per heavy atom. The van der Waals surface area contributed by atoms with Crippen molar-refractivity contribution in [2.24, 2.45) is 0 Å². The molecule has 3 rings (SSSR count). The van der Waals surface area contributed by atoms with Crippen molar-refractivity contribution in [3.8, 4) is 0 Å². The Hall–Kier alpha value is -1.88. The summed E-state index contributed by atoms with van der Waals surface area (Å²) in [7, 11) is 0. The Bertz CT molecular complexity index is 597. The summed E-state index contributed by atoms with van der Waals surface area (Å²) in [6.45, 7) is 6.06. The van der Waals surface area contributed by atoms with Crippen LogP contribution in [0.15, 0.2) is 18.2 Å². The third-order valence-electron chi connectivity index (χ3n) is 4.50. The fourth-order valence-electron chi connectivity index (χ4n) is 3.32. The Labute approximate surface area is 124 Å². The number of likely N-dealkylation sites (tertiary alicyclic amines) is 1. The number of carbonyl (C=O) groups is 2. The molecule has 0 unspecified atom stereocenters. The van der Waals surface area contributed by atoms with Crippen LogP contribution in [-0.4, -0.2) is 46.8 Å². The molecule has 1 aromatic rings. The molecule has 0 radical (unpaired) electrons. The largest absolute Gasteiger partial charge is 0.398 e. The standard InChI is InChI=1S/C16H21N3O2/c1-10(2)18-8-4-5-11(9-18)19-15(20)12-6-3-7-13(17)14(12)16(19)21/h3,6-7,10-11H,4-5,8-9,17H2,1-2H3/t11-/m1/s1. The lowest BCUT2D eigenvalue weighted by Crippen LogP contribution is -2.51. The minimum Gasteiger partial charge on any atom is -0.398 e. The van der Waals surface area contributed by atoms with Gasteiger partial charge in [0, 0.05) is 18.3 Å². The number of imide groups is 1. The van der Waals surface area contributed by atoms with Gasteiger partial charge in [0.05, 0.1) is 17.2 Å². The van der Waals surface area contributed by atoms with Crippen molar-refractivity contribution >= 4 is 17.5 Å². The fraction of sp³-hybridized carbons (Fsp3) is 0.500. The predicted molar refractivity (Wildman–Crippen MR) is 81.1 cm³/mol. The summed E-state index contributed by atoms with van der Waals surface area (Å²) in [6, 6.07) is 5.47. The molecule has 0 bridgehead atoms. The molecule has 0 aromatic heterocycles. The van der Waals surface area contributed by atoms with Gasteiger partial charge in [0.1, 0.15) is 0 Å². The zero-order valence-corrected chi connectivity index (χ0v) is 12.5. The number of fused-ring (bicyclic) bond motifs is 1. The fourth-order valence-corrected chi connectivity index (χ4v) is 3.32. The van der Waals surface area contributed by atoms with Gasteiger partial charge >= 0.3 is 0 Å². The van der Waals surface area contributed by atoms with Gasteiger partial charge in [0.2, 0.25) is 0 Å². The number of nitrogen functional groups attached to an aromatic ring is 1. The van der Waals surface area contributed by atoms with E-state index in [1.807, 2.05) is 0 Å². The second-order valence-electron chi connectivity index (χ2n) is 6.13. The molecular weight excluding hydrogens is 266 g/mol. The van der Waals surface area contributed by atoms with E-state index in [-0.39, 0.29) is 17.9 Å². The highest BCUT2D eigenvalue weighted by Crippen LogP contribution is 2.31. The molecule has 0 spiro atoms. The summed E-state index contributed by atoms with van der Waals surface area (Å²) in [5.41, 5.74) is 7.10. The van der Waals surface area contributed by atoms with Crippen LogP contribution in [-0.2, 0) is 0 Å². The summed E-state index contributed by atoms with van der Waals surface area (Å²) in [5, 5.41) is 0. The van der Waals surface area contributed by atoms with Crippen LogP contribution >= 0.6 is 0 Å². The Balaban J connectivity index is 1.90. The van der Waals surface area contributed by atoms with E-state index in [9.17, 15) is 9.59 Å². The van der Waals surface area contributed by atoms with Crippen molar-refractivity contribution < 1.29 is 9.59 Å². The van der Waals surface area contributed by atoms with Crippen LogP contribution in [0.1, 0.15) is 47.4 Å². The molecule has 1 saturated heterocycles. The number of carbonyl (C=O) groups excluding carboxylic acids is 2. The van der Waals surface area contributed by atoms with Crippen molar-refractivity contribution in [2.45, 2.75) is 38.8 Å². The van der Waals surface area contributed by atoms with E-state index in [2.05, 4.69) is 18.7 Å². The maximum Gasteiger partial charge on any atom is 0.263 e. The molecule has 2 heterocycles. The molecule has 2 aliphatic heterocycles. The number of benzene rings is 1. The molecule has 1 fully saturated rings. The summed E-state index contributed by atoms with van der Waals surface area (Å²) >= 11 is 0. The van der Waals surface area contributed by atoms with Gasteiger partial charge in [-0.15, -0.1) is 0 Å². The van der Waals surface area contributed by atoms with E-state index in [1.165, 1.54) is 4.90 Å². The number of hydrogen-bond donors (Lipinski definition) is 1. The number of amides is 2. The van der Waals surface area contributed by atoms with Crippen molar-refractivity contribution in [3.63, 3.8) is 0 Å². The van der Waals surface area contributed by atoms with Crippen LogP contribution in [0.2, 0.25) is 0 Å². The van der Waals surface area contributed by atoms with E-state index < -0.39 is 0 Å². The van der Waals surface area contributed by atoms with Gasteiger partial charge in [0.25, 0.3) is 11.8 Å². The highest BCUT2D eigenvalue weighted by molar-refractivity contribution is 6.23. The molecule has 5 nitrogen and oxygen atoms in total. The monoisotopic (exact) mass is 287 g/mol. The second-order valence-corrected chi connectivity index (χ2v) is 6.13. The molecular formula is C16H21N3O2. The molecule has 21 heavy (non-hydrogen) atoms. The minimum atomic E-state index is -0.233. The lowest BCUT2D eigenvalue weighted by atomic mass is 10.0. The zero-order valence-electron chi connectivity index (χ0n) is 12.5. The average molecular weight is 287 g/mol. The Kier molecular flexibility index (Phi) is 3.45. The Morgan fingerprint density at radius 2 is 2.00 bits per heavy atom. The smallest absolute Gasteiger partial charge is 0.263 e. The number of nitrogens with zero attached hydrogens (tertiary/aromatic N) is 2. The third kappa shape index (κ3) is 2.21. The lowest BCUT2D eigenvalue weighted by molar-refractivity contribution is 0.0449. The predicted octanol–water partition coefficient (Wildman–Crippen LogP) is 1.74. The quantitative estimate of drug-likeness (QED) is 0.664. The van der Waals surface area contributed by atoms with Gasteiger partial charge in [-0.1, -0.05) is 6.07 Å². The topological polar surface area (TPSA) is 66.6 Å². The van der Waals surface area contributed by atoms with Crippen LogP contribution < -0.4 is 5.73 Å². The van der Waals surface area contributed by atoms with Crippen molar-refractivity contribution in [1.29, 1.82) is 0 Å². The molecule has 5 heteroatoms. The molecule has 0 aliphatic carbocycles. The average Bonchev–Trinajstić information content (AvgIpc) is 2.72. The third-order valence-corrected chi connectivity index (χ3v) is 4.50. The summed E-state index contributed by atoms with van der Waals surface area (Å²) in [4.78, 5) is 28.9. The maximum atomic E-state index is 12.6. The summed E-state index contributed by atoms with van der Waals surface area (Å²) in [6.07, 6.45) is 1.88. The van der Waals surface area contributed by atoms with Crippen LogP contribution in [0, 0.1) is 0 Å². The molecule has 112 valence electrons. The first kappa shape index (κ1) is 14.1. The minimum absolute atomic E-state index is 0.0482. The first-order valence-corrected chi connectivity index (χ1v) is 7.51. The van der Waals surface area contributed by atoms with E-state index >= 15 is 0 Å². The Morgan fingerprint density at radius 1 is 1.24 bits per heavy atom. The number of anilines is 1. The van der Waals surface area contributed by atoms with Crippen molar-refractivity contribution in [3.05, 3.63) is 29.3 Å². The summed E-state index contributed by atoms with van der Waals surface area (Å²) in [5.74, 6) is -0.429. The molecule has 2 aliphatic rings. The molecule has 2 N–H and O–H groups in total. The number of hydrogen-bond acceptors (Lipinski definition) is 4. The zero-order chi connectivity index (χ0) is 15.1. The molecule has 1 atom stereocenters. The maximum absolute atomic E-state index is 12.6. The van der Waals surface area contributed by atoms with Gasteiger partial charge < -0.3 is 5.73 Å². The highest BCUT2D eigenvalue weighted by Gasteiger charge is 2.42. The second kappa shape index (κ2) is 5.15. The van der Waals surface area contributed by atoms with Gasteiger partial charge in [-0.05, 0) is 45.4 Å². The SMILES string of the molecule is CC(C)N1CCC[C@@H](N2C(=O)c3cccc(N)c3C2=O)C1. The number of nitrogens with two attached hydrogens (primary N) is 1. The first-order chi connectivity index (χ1) is 10.0. The van der Waals surface area contributed by atoms with Crippen molar-refractivity contribution in [2.75, 3.05) is 18.8 Å².